The summed E-state index contributed by atoms with van der Waals surface area (Å²) in [6, 6.07) is 15.1. The number of hydrogen-bond acceptors (Lipinski definition) is 5. The number of para-hydroxylation sites is 3. The van der Waals surface area contributed by atoms with Gasteiger partial charge in [0.1, 0.15) is 17.5 Å². The fourth-order valence-corrected chi connectivity index (χ4v) is 5.57. The average molecular weight is 501 g/mol. The average Bonchev–Trinajstić information content (AvgIpc) is 2.94. The molecular weight excluding hydrogens is 464 g/mol. The number of hydrogen-bond donors (Lipinski definition) is 0. The summed E-state index contributed by atoms with van der Waals surface area (Å²) in [5.41, 5.74) is 2.46. The van der Waals surface area contributed by atoms with Crippen LogP contribution in [0.3, 0.4) is 0 Å². The maximum Gasteiger partial charge on any atom is 0.274 e. The lowest BCUT2D eigenvalue weighted by Crippen LogP contribution is -2.51. The van der Waals surface area contributed by atoms with Crippen LogP contribution < -0.4 is 4.74 Å². The second-order valence-corrected chi connectivity index (χ2v) is 10.2. The van der Waals surface area contributed by atoms with Gasteiger partial charge in [-0.25, -0.2) is 4.98 Å². The minimum absolute atomic E-state index is 0.0165. The molecular formula is C30H36N4O3. The van der Waals surface area contributed by atoms with E-state index in [1.807, 2.05) is 60.5 Å². The number of rotatable bonds is 1. The van der Waals surface area contributed by atoms with Crippen molar-refractivity contribution in [1.29, 1.82) is 0 Å². The molecule has 0 radical (unpaired) electrons. The molecule has 2 aromatic carbocycles. The van der Waals surface area contributed by atoms with Crippen LogP contribution in [0.15, 0.2) is 54.7 Å². The Balaban J connectivity index is 1.48. The van der Waals surface area contributed by atoms with Crippen molar-refractivity contribution in [2.45, 2.75) is 69.9 Å². The first-order chi connectivity index (χ1) is 18.1. The van der Waals surface area contributed by atoms with Crippen molar-refractivity contribution in [3.05, 3.63) is 66.0 Å². The highest BCUT2D eigenvalue weighted by molar-refractivity contribution is 5.97. The van der Waals surface area contributed by atoms with Crippen LogP contribution in [-0.4, -0.2) is 63.9 Å². The summed E-state index contributed by atoms with van der Waals surface area (Å²) >= 11 is 0. The van der Waals surface area contributed by atoms with E-state index in [1.165, 1.54) is 0 Å². The largest absolute Gasteiger partial charge is 0.487 e. The highest BCUT2D eigenvalue weighted by atomic mass is 16.5. The first kappa shape index (κ1) is 25.2. The molecule has 2 aliphatic rings. The summed E-state index contributed by atoms with van der Waals surface area (Å²) < 4.78 is 6.60. The molecule has 5 rings (SSSR count). The number of carbonyl (C=O) groups excluding carboxylic acids is 2. The van der Waals surface area contributed by atoms with Crippen LogP contribution in [0.5, 0.6) is 5.75 Å². The minimum Gasteiger partial charge on any atom is -0.487 e. The molecule has 3 aromatic rings. The summed E-state index contributed by atoms with van der Waals surface area (Å²) in [6.45, 7) is 1.39. The summed E-state index contributed by atoms with van der Waals surface area (Å²) in [5, 5.41) is 0. The topological polar surface area (TPSA) is 75.6 Å². The van der Waals surface area contributed by atoms with Gasteiger partial charge in [0.25, 0.3) is 11.8 Å². The Morgan fingerprint density at radius 1 is 0.865 bits per heavy atom. The third-order valence-electron chi connectivity index (χ3n) is 7.63. The molecule has 1 aliphatic heterocycles. The van der Waals surface area contributed by atoms with Crippen molar-refractivity contribution in [1.82, 2.24) is 19.8 Å². The van der Waals surface area contributed by atoms with Crippen molar-refractivity contribution in [3.63, 3.8) is 0 Å². The number of ether oxygens (including phenoxy) is 1. The lowest BCUT2D eigenvalue weighted by Gasteiger charge is -2.40. The van der Waals surface area contributed by atoms with Crippen LogP contribution in [0.1, 0.15) is 78.6 Å². The molecule has 37 heavy (non-hydrogen) atoms. The van der Waals surface area contributed by atoms with E-state index in [2.05, 4.69) is 9.97 Å². The van der Waals surface area contributed by atoms with Gasteiger partial charge in [0, 0.05) is 20.1 Å². The van der Waals surface area contributed by atoms with Crippen LogP contribution >= 0.6 is 0 Å². The SMILES string of the molecule is CN1CCCCCCCN(C(=O)c2cnc3ccccc3n2)[C@@H]2CCCC[C@@H]2Oc2ccccc2C1=O. The predicted octanol–water partition coefficient (Wildman–Crippen LogP) is 5.50. The quantitative estimate of drug-likeness (QED) is 0.441. The molecule has 194 valence electrons. The maximum atomic E-state index is 13.9. The third-order valence-corrected chi connectivity index (χ3v) is 7.63. The molecule has 1 fully saturated rings. The molecule has 1 aromatic heterocycles. The summed E-state index contributed by atoms with van der Waals surface area (Å²) in [5.74, 6) is 0.494. The van der Waals surface area contributed by atoms with Gasteiger partial charge in [-0.1, -0.05) is 49.9 Å². The van der Waals surface area contributed by atoms with Gasteiger partial charge in [-0.3, -0.25) is 14.6 Å². The van der Waals surface area contributed by atoms with Crippen LogP contribution in [0.4, 0.5) is 0 Å². The van der Waals surface area contributed by atoms with E-state index in [4.69, 9.17) is 4.74 Å². The number of fused-ring (bicyclic) bond motifs is 3. The number of amides is 2. The van der Waals surface area contributed by atoms with Gasteiger partial charge in [-0.15, -0.1) is 0 Å². The third kappa shape index (κ3) is 5.76. The molecule has 0 bridgehead atoms. The minimum atomic E-state index is -0.185. The molecule has 2 heterocycles. The monoisotopic (exact) mass is 500 g/mol. The van der Waals surface area contributed by atoms with Gasteiger partial charge in [0.05, 0.1) is 28.8 Å². The molecule has 2 amide bonds. The summed E-state index contributed by atoms with van der Waals surface area (Å²) in [4.78, 5) is 40.2. The Labute approximate surface area is 218 Å². The molecule has 0 saturated heterocycles. The fourth-order valence-electron chi connectivity index (χ4n) is 5.57. The van der Waals surface area contributed by atoms with Crippen LogP contribution in [0.25, 0.3) is 11.0 Å². The highest BCUT2D eigenvalue weighted by Gasteiger charge is 2.36. The van der Waals surface area contributed by atoms with Crippen LogP contribution in [0.2, 0.25) is 0 Å². The van der Waals surface area contributed by atoms with E-state index in [-0.39, 0.29) is 24.0 Å². The fraction of sp³-hybridized carbons (Fsp3) is 0.467. The van der Waals surface area contributed by atoms with E-state index in [1.54, 1.807) is 11.1 Å². The Morgan fingerprint density at radius 2 is 1.57 bits per heavy atom. The van der Waals surface area contributed by atoms with Crippen LogP contribution in [-0.2, 0) is 0 Å². The van der Waals surface area contributed by atoms with Gasteiger partial charge >= 0.3 is 0 Å². The Morgan fingerprint density at radius 3 is 2.43 bits per heavy atom. The Bertz CT molecular complexity index is 1250. The first-order valence-corrected chi connectivity index (χ1v) is 13.7. The zero-order chi connectivity index (χ0) is 25.6. The zero-order valence-electron chi connectivity index (χ0n) is 21.6. The van der Waals surface area contributed by atoms with E-state index in [0.717, 1.165) is 75.4 Å². The van der Waals surface area contributed by atoms with Crippen molar-refractivity contribution < 1.29 is 14.3 Å². The lowest BCUT2D eigenvalue weighted by atomic mass is 9.90. The van der Waals surface area contributed by atoms with Gasteiger partial charge in [0.15, 0.2) is 0 Å². The van der Waals surface area contributed by atoms with E-state index >= 15 is 0 Å². The van der Waals surface area contributed by atoms with E-state index in [9.17, 15) is 9.59 Å². The second kappa shape index (κ2) is 11.7. The maximum absolute atomic E-state index is 13.9. The van der Waals surface area contributed by atoms with Gasteiger partial charge in [-0.05, 0) is 56.4 Å². The second-order valence-electron chi connectivity index (χ2n) is 10.2. The number of nitrogens with zero attached hydrogens (tertiary/aromatic N) is 4. The molecule has 1 aliphatic carbocycles. The number of carbonyl (C=O) groups is 2. The molecule has 7 nitrogen and oxygen atoms in total. The van der Waals surface area contributed by atoms with Crippen LogP contribution in [0, 0.1) is 0 Å². The molecule has 0 unspecified atom stereocenters. The molecule has 0 spiro atoms. The number of aromatic nitrogens is 2. The summed E-state index contributed by atoms with van der Waals surface area (Å²) in [6.07, 6.45) is 10.3. The summed E-state index contributed by atoms with van der Waals surface area (Å²) in [7, 11) is 1.87. The van der Waals surface area contributed by atoms with Gasteiger partial charge in [-0.2, -0.15) is 0 Å². The standard InChI is InChI=1S/C30H36N4O3/c1-33-19-11-3-2-4-12-20-34(30(36)25-21-31-23-14-6-7-15-24(23)32-25)26-16-8-10-18-28(26)37-27-17-9-5-13-22(27)29(33)35/h5-7,9,13-15,17,21,26,28H,2-4,8,10-12,16,18-20H2,1H3/t26-,28+/m1/s1. The first-order valence-electron chi connectivity index (χ1n) is 13.7. The molecule has 7 heteroatoms. The van der Waals surface area contributed by atoms with E-state index < -0.39 is 0 Å². The molecule has 2 atom stereocenters. The molecule has 0 N–H and O–H groups in total. The number of benzene rings is 2. The highest BCUT2D eigenvalue weighted by Crippen LogP contribution is 2.31. The zero-order valence-corrected chi connectivity index (χ0v) is 21.6. The normalized spacial score (nSPS) is 21.8. The van der Waals surface area contributed by atoms with Crippen molar-refractivity contribution in [2.75, 3.05) is 20.1 Å². The van der Waals surface area contributed by atoms with Gasteiger partial charge < -0.3 is 14.5 Å². The van der Waals surface area contributed by atoms with Gasteiger partial charge in [0.2, 0.25) is 0 Å². The van der Waals surface area contributed by atoms with Crippen molar-refractivity contribution >= 4 is 22.8 Å². The Hall–Kier alpha value is -3.48. The van der Waals surface area contributed by atoms with Crippen molar-refractivity contribution in [2.24, 2.45) is 0 Å². The predicted molar refractivity (Wildman–Crippen MR) is 144 cm³/mol. The Kier molecular flexibility index (Phi) is 7.97. The van der Waals surface area contributed by atoms with E-state index in [0.29, 0.717) is 23.6 Å². The molecule has 1 saturated carbocycles. The smallest absolute Gasteiger partial charge is 0.274 e. The van der Waals surface area contributed by atoms with Crippen molar-refractivity contribution in [3.8, 4) is 5.75 Å². The lowest BCUT2D eigenvalue weighted by molar-refractivity contribution is 0.0266.